The molecule has 132 valence electrons. The number of hydrogen-bond acceptors (Lipinski definition) is 4. The number of halogens is 1. The topological polar surface area (TPSA) is 65.4 Å². The molecule has 4 rings (SSSR count). The van der Waals surface area contributed by atoms with Crippen LogP contribution < -0.4 is 14.8 Å². The summed E-state index contributed by atoms with van der Waals surface area (Å²) in [6.45, 7) is 3.84. The van der Waals surface area contributed by atoms with Crippen LogP contribution in [0.4, 0.5) is 10.1 Å². The molecule has 0 aliphatic carbocycles. The maximum atomic E-state index is 14.5. The number of anilines is 1. The zero-order valence-corrected chi connectivity index (χ0v) is 14.2. The van der Waals surface area contributed by atoms with Crippen molar-refractivity contribution < 1.29 is 18.7 Å². The van der Waals surface area contributed by atoms with E-state index in [-0.39, 0.29) is 12.7 Å². The predicted octanol–water partition coefficient (Wildman–Crippen LogP) is 3.61. The minimum atomic E-state index is -0.473. The smallest absolute Gasteiger partial charge is 0.255 e. The Hall–Kier alpha value is -3.35. The highest BCUT2D eigenvalue weighted by Crippen LogP contribution is 2.32. The molecule has 0 spiro atoms. The molecule has 0 atom stereocenters. The maximum Gasteiger partial charge on any atom is 0.255 e. The van der Waals surface area contributed by atoms with Crippen molar-refractivity contribution in [2.24, 2.45) is 0 Å². The van der Waals surface area contributed by atoms with E-state index in [1.807, 2.05) is 19.9 Å². The van der Waals surface area contributed by atoms with Gasteiger partial charge in [-0.25, -0.2) is 9.07 Å². The maximum absolute atomic E-state index is 14.5. The van der Waals surface area contributed by atoms with Gasteiger partial charge >= 0.3 is 0 Å². The second kappa shape index (κ2) is 6.18. The molecule has 0 radical (unpaired) electrons. The van der Waals surface area contributed by atoms with E-state index in [2.05, 4.69) is 10.4 Å². The van der Waals surface area contributed by atoms with Gasteiger partial charge in [0.2, 0.25) is 6.79 Å². The van der Waals surface area contributed by atoms with Crippen molar-refractivity contribution in [3.05, 3.63) is 65.2 Å². The number of fused-ring (bicyclic) bond motifs is 1. The molecule has 2 aromatic carbocycles. The average Bonchev–Trinajstić information content (AvgIpc) is 3.20. The first-order chi connectivity index (χ1) is 12.5. The summed E-state index contributed by atoms with van der Waals surface area (Å²) in [6.07, 6.45) is 0. The lowest BCUT2D eigenvalue weighted by molar-refractivity contribution is 0.102. The van der Waals surface area contributed by atoms with Gasteiger partial charge in [0, 0.05) is 16.9 Å². The number of carbonyl (C=O) groups is 1. The number of carbonyl (C=O) groups excluding carboxylic acids is 1. The van der Waals surface area contributed by atoms with Gasteiger partial charge in [-0.15, -0.1) is 0 Å². The van der Waals surface area contributed by atoms with Gasteiger partial charge in [0.1, 0.15) is 5.69 Å². The van der Waals surface area contributed by atoms with Crippen LogP contribution in [0.3, 0.4) is 0 Å². The molecule has 0 fully saturated rings. The Morgan fingerprint density at radius 1 is 1.12 bits per heavy atom. The number of nitrogens with zero attached hydrogens (tertiary/aromatic N) is 2. The molecule has 1 amide bonds. The Balaban J connectivity index is 1.56. The van der Waals surface area contributed by atoms with Gasteiger partial charge < -0.3 is 14.8 Å². The summed E-state index contributed by atoms with van der Waals surface area (Å²) in [5, 5.41) is 6.96. The summed E-state index contributed by atoms with van der Waals surface area (Å²) in [5.41, 5.74) is 2.73. The van der Waals surface area contributed by atoms with Crippen LogP contribution in [0, 0.1) is 19.7 Å². The Kier molecular flexibility index (Phi) is 3.84. The van der Waals surface area contributed by atoms with Crippen molar-refractivity contribution in [2.75, 3.05) is 12.1 Å². The second-order valence-corrected chi connectivity index (χ2v) is 6.03. The lowest BCUT2D eigenvalue weighted by Gasteiger charge is -2.10. The van der Waals surface area contributed by atoms with Gasteiger partial charge in [-0.05, 0) is 56.3 Å². The standard InChI is InChI=1S/C19H16FN3O3/c1-11-7-12(2)23(22-11)16-5-4-14(9-15(16)20)21-19(24)13-3-6-17-18(8-13)26-10-25-17/h3-9H,10H2,1-2H3,(H,21,24). The van der Waals surface area contributed by atoms with Gasteiger partial charge in [-0.1, -0.05) is 0 Å². The van der Waals surface area contributed by atoms with E-state index < -0.39 is 5.82 Å². The molecule has 2 heterocycles. The number of hydrogen-bond donors (Lipinski definition) is 1. The molecule has 0 bridgehead atoms. The number of aryl methyl sites for hydroxylation is 2. The van der Waals surface area contributed by atoms with Gasteiger partial charge in [0.25, 0.3) is 5.91 Å². The normalized spacial score (nSPS) is 12.3. The molecule has 0 saturated heterocycles. The van der Waals surface area contributed by atoms with Gasteiger partial charge in [-0.2, -0.15) is 5.10 Å². The first-order valence-corrected chi connectivity index (χ1v) is 8.05. The number of ether oxygens (including phenoxy) is 2. The SMILES string of the molecule is Cc1cc(C)n(-c2ccc(NC(=O)c3ccc4c(c3)OCO4)cc2F)n1. The second-order valence-electron chi connectivity index (χ2n) is 6.03. The fourth-order valence-electron chi connectivity index (χ4n) is 2.87. The number of benzene rings is 2. The van der Waals surface area contributed by atoms with Crippen LogP contribution in [0.2, 0.25) is 0 Å². The Morgan fingerprint density at radius 2 is 1.92 bits per heavy atom. The molecule has 6 nitrogen and oxygen atoms in total. The van der Waals surface area contributed by atoms with E-state index >= 15 is 0 Å². The third-order valence-corrected chi connectivity index (χ3v) is 4.08. The molecule has 0 unspecified atom stereocenters. The zero-order valence-electron chi connectivity index (χ0n) is 14.2. The molecular weight excluding hydrogens is 337 g/mol. The molecular formula is C19H16FN3O3. The summed E-state index contributed by atoms with van der Waals surface area (Å²) in [7, 11) is 0. The lowest BCUT2D eigenvalue weighted by Crippen LogP contribution is -2.12. The fourth-order valence-corrected chi connectivity index (χ4v) is 2.87. The van der Waals surface area contributed by atoms with Crippen molar-refractivity contribution >= 4 is 11.6 Å². The summed E-state index contributed by atoms with van der Waals surface area (Å²) < 4.78 is 26.5. The van der Waals surface area contributed by atoms with Crippen LogP contribution in [0.25, 0.3) is 5.69 Å². The highest BCUT2D eigenvalue weighted by Gasteiger charge is 2.17. The Labute approximate surface area is 149 Å². The van der Waals surface area contributed by atoms with Crippen molar-refractivity contribution in [2.45, 2.75) is 13.8 Å². The molecule has 3 aromatic rings. The van der Waals surface area contributed by atoms with E-state index in [0.717, 1.165) is 11.4 Å². The molecule has 1 N–H and O–H groups in total. The number of amides is 1. The van der Waals surface area contributed by atoms with E-state index in [1.165, 1.54) is 10.7 Å². The third-order valence-electron chi connectivity index (χ3n) is 4.08. The van der Waals surface area contributed by atoms with E-state index in [0.29, 0.717) is 28.4 Å². The van der Waals surface area contributed by atoms with E-state index in [4.69, 9.17) is 9.47 Å². The monoisotopic (exact) mass is 353 g/mol. The fraction of sp³-hybridized carbons (Fsp3) is 0.158. The largest absolute Gasteiger partial charge is 0.454 e. The van der Waals surface area contributed by atoms with Crippen LogP contribution in [0.5, 0.6) is 11.5 Å². The van der Waals surface area contributed by atoms with Crippen LogP contribution in [-0.4, -0.2) is 22.5 Å². The summed E-state index contributed by atoms with van der Waals surface area (Å²) in [6, 6.07) is 11.3. The average molecular weight is 353 g/mol. The van der Waals surface area contributed by atoms with Crippen LogP contribution in [-0.2, 0) is 0 Å². The van der Waals surface area contributed by atoms with E-state index in [1.54, 1.807) is 30.3 Å². The summed E-state index contributed by atoms with van der Waals surface area (Å²) >= 11 is 0. The van der Waals surface area contributed by atoms with E-state index in [9.17, 15) is 9.18 Å². The zero-order chi connectivity index (χ0) is 18.3. The molecule has 26 heavy (non-hydrogen) atoms. The highest BCUT2D eigenvalue weighted by molar-refractivity contribution is 6.04. The van der Waals surface area contributed by atoms with Crippen LogP contribution in [0.15, 0.2) is 42.5 Å². The van der Waals surface area contributed by atoms with Crippen LogP contribution in [0.1, 0.15) is 21.7 Å². The van der Waals surface area contributed by atoms with Gasteiger partial charge in [0.15, 0.2) is 17.3 Å². The van der Waals surface area contributed by atoms with Crippen molar-refractivity contribution in [3.8, 4) is 17.2 Å². The first kappa shape index (κ1) is 16.1. The van der Waals surface area contributed by atoms with Crippen molar-refractivity contribution in [1.29, 1.82) is 0 Å². The van der Waals surface area contributed by atoms with Crippen molar-refractivity contribution in [3.63, 3.8) is 0 Å². The lowest BCUT2D eigenvalue weighted by atomic mass is 10.2. The number of rotatable bonds is 3. The molecule has 0 saturated carbocycles. The summed E-state index contributed by atoms with van der Waals surface area (Å²) in [4.78, 5) is 12.4. The summed E-state index contributed by atoms with van der Waals surface area (Å²) in [5.74, 6) is 0.284. The van der Waals surface area contributed by atoms with Gasteiger partial charge in [0.05, 0.1) is 5.69 Å². The Bertz CT molecular complexity index is 1010. The molecule has 1 aliphatic heterocycles. The molecule has 7 heteroatoms. The quantitative estimate of drug-likeness (QED) is 0.781. The predicted molar refractivity (Wildman–Crippen MR) is 93.5 cm³/mol. The number of aromatic nitrogens is 2. The Morgan fingerprint density at radius 3 is 2.65 bits per heavy atom. The van der Waals surface area contributed by atoms with Crippen LogP contribution >= 0.6 is 0 Å². The van der Waals surface area contributed by atoms with Crippen molar-refractivity contribution in [1.82, 2.24) is 9.78 Å². The highest BCUT2D eigenvalue weighted by atomic mass is 19.1. The van der Waals surface area contributed by atoms with Gasteiger partial charge in [-0.3, -0.25) is 4.79 Å². The molecule has 1 aliphatic rings. The third kappa shape index (κ3) is 2.88. The minimum absolute atomic E-state index is 0.138. The molecule has 1 aromatic heterocycles. The minimum Gasteiger partial charge on any atom is -0.454 e. The first-order valence-electron chi connectivity index (χ1n) is 8.05. The number of nitrogens with one attached hydrogen (secondary N) is 1.